The molecule has 0 aliphatic carbocycles. The lowest BCUT2D eigenvalue weighted by molar-refractivity contribution is 0.0996. The van der Waals surface area contributed by atoms with Crippen molar-refractivity contribution in [3.8, 4) is 11.5 Å². The molecule has 1 aromatic heterocycles. The first kappa shape index (κ1) is 19.3. The van der Waals surface area contributed by atoms with Crippen LogP contribution in [0.4, 0.5) is 0 Å². The summed E-state index contributed by atoms with van der Waals surface area (Å²) < 4.78 is 13.2. The number of carbonyl (C=O) groups is 1. The second-order valence-corrected chi connectivity index (χ2v) is 7.33. The summed E-state index contributed by atoms with van der Waals surface area (Å²) in [6.45, 7) is 3.73. The van der Waals surface area contributed by atoms with Gasteiger partial charge in [-0.05, 0) is 36.8 Å². The third-order valence-electron chi connectivity index (χ3n) is 4.66. The second-order valence-electron chi connectivity index (χ2n) is 6.93. The van der Waals surface area contributed by atoms with Crippen molar-refractivity contribution >= 4 is 17.5 Å². The van der Waals surface area contributed by atoms with Crippen LogP contribution < -0.4 is 15.0 Å². The van der Waals surface area contributed by atoms with Crippen molar-refractivity contribution in [2.75, 3.05) is 13.2 Å². The van der Waals surface area contributed by atoms with Crippen LogP contribution in [-0.4, -0.2) is 23.7 Å². The van der Waals surface area contributed by atoms with Gasteiger partial charge >= 0.3 is 0 Å². The van der Waals surface area contributed by atoms with E-state index in [9.17, 15) is 4.79 Å². The van der Waals surface area contributed by atoms with Gasteiger partial charge in [0.2, 0.25) is 0 Å². The molecule has 0 saturated heterocycles. The van der Waals surface area contributed by atoms with Gasteiger partial charge in [0, 0.05) is 24.7 Å². The highest BCUT2D eigenvalue weighted by molar-refractivity contribution is 6.32. The van der Waals surface area contributed by atoms with Crippen LogP contribution in [0.15, 0.2) is 65.8 Å². The van der Waals surface area contributed by atoms with Gasteiger partial charge in [0.05, 0.1) is 18.2 Å². The van der Waals surface area contributed by atoms with Crippen LogP contribution in [0.5, 0.6) is 11.5 Å². The maximum Gasteiger partial charge on any atom is 0.279 e. The van der Waals surface area contributed by atoms with Crippen molar-refractivity contribution in [3.63, 3.8) is 0 Å². The summed E-state index contributed by atoms with van der Waals surface area (Å²) in [5.41, 5.74) is 3.28. The van der Waals surface area contributed by atoms with Crippen LogP contribution in [0.1, 0.15) is 27.9 Å². The monoisotopic (exact) mass is 408 g/mol. The molecule has 0 bridgehead atoms. The maximum absolute atomic E-state index is 12.9. The Morgan fingerprint density at radius 3 is 2.72 bits per heavy atom. The lowest BCUT2D eigenvalue weighted by Gasteiger charge is -2.10. The average molecular weight is 409 g/mol. The number of carbonyl (C=O) groups excluding carboxylic acids is 1. The van der Waals surface area contributed by atoms with Gasteiger partial charge < -0.3 is 14.0 Å². The molecule has 2 heterocycles. The Balaban J connectivity index is 1.66. The van der Waals surface area contributed by atoms with Gasteiger partial charge in [-0.25, -0.2) is 0 Å². The molecule has 6 heteroatoms. The number of nitrogens with zero attached hydrogens (tertiary/aromatic N) is 2. The van der Waals surface area contributed by atoms with Crippen LogP contribution in [-0.2, 0) is 6.54 Å². The third-order valence-corrected chi connectivity index (χ3v) is 4.94. The number of halogens is 1. The zero-order chi connectivity index (χ0) is 20.2. The minimum Gasteiger partial charge on any atom is -0.489 e. The highest BCUT2D eigenvalue weighted by Crippen LogP contribution is 2.38. The normalized spacial score (nSPS) is 13.8. The SMILES string of the molecule is Cc1ccc(Cn2ccccc2=NC(=O)c2cc(Cl)c3c(c2)OCCCO3)cc1. The molecular formula is C23H21ClN2O3. The van der Waals surface area contributed by atoms with Gasteiger partial charge in [0.1, 0.15) is 5.49 Å². The Bertz CT molecular complexity index is 1100. The molecule has 0 fully saturated rings. The quantitative estimate of drug-likeness (QED) is 0.645. The number of fused-ring (bicyclic) bond motifs is 1. The third kappa shape index (κ3) is 4.51. The highest BCUT2D eigenvalue weighted by Gasteiger charge is 2.18. The molecule has 0 saturated carbocycles. The highest BCUT2D eigenvalue weighted by atomic mass is 35.5. The molecular weight excluding hydrogens is 388 g/mol. The van der Waals surface area contributed by atoms with Gasteiger partial charge in [-0.3, -0.25) is 4.79 Å². The topological polar surface area (TPSA) is 52.8 Å². The van der Waals surface area contributed by atoms with Crippen molar-refractivity contribution in [1.29, 1.82) is 0 Å². The van der Waals surface area contributed by atoms with E-state index < -0.39 is 0 Å². The first-order valence-corrected chi connectivity index (χ1v) is 9.87. The second kappa shape index (κ2) is 8.53. The van der Waals surface area contributed by atoms with Crippen molar-refractivity contribution in [1.82, 2.24) is 4.57 Å². The molecule has 148 valence electrons. The fourth-order valence-electron chi connectivity index (χ4n) is 3.12. The molecule has 0 atom stereocenters. The number of amides is 1. The number of ether oxygens (including phenoxy) is 2. The summed E-state index contributed by atoms with van der Waals surface area (Å²) in [5.74, 6) is 0.579. The molecule has 0 radical (unpaired) electrons. The van der Waals surface area contributed by atoms with Crippen molar-refractivity contribution < 1.29 is 14.3 Å². The van der Waals surface area contributed by atoms with Crippen LogP contribution in [0.2, 0.25) is 5.02 Å². The summed E-state index contributed by atoms with van der Waals surface area (Å²) in [6.07, 6.45) is 2.68. The van der Waals surface area contributed by atoms with Crippen molar-refractivity contribution in [3.05, 3.63) is 88.0 Å². The van der Waals surface area contributed by atoms with Gasteiger partial charge in [0.15, 0.2) is 11.5 Å². The van der Waals surface area contributed by atoms with Gasteiger partial charge in [-0.15, -0.1) is 0 Å². The first-order valence-electron chi connectivity index (χ1n) is 9.49. The van der Waals surface area contributed by atoms with E-state index in [1.54, 1.807) is 12.1 Å². The number of aryl methyl sites for hydroxylation is 1. The summed E-state index contributed by atoms with van der Waals surface area (Å²) in [6, 6.07) is 17.1. The number of aromatic nitrogens is 1. The van der Waals surface area contributed by atoms with Crippen LogP contribution in [0.25, 0.3) is 0 Å². The molecule has 3 aromatic rings. The van der Waals surface area contributed by atoms with E-state index >= 15 is 0 Å². The molecule has 0 unspecified atom stereocenters. The van der Waals surface area contributed by atoms with Crippen molar-refractivity contribution in [2.45, 2.75) is 19.9 Å². The largest absolute Gasteiger partial charge is 0.489 e. The average Bonchev–Trinajstić information content (AvgIpc) is 2.97. The minimum absolute atomic E-state index is 0.351. The van der Waals surface area contributed by atoms with E-state index in [0.29, 0.717) is 47.3 Å². The zero-order valence-electron chi connectivity index (χ0n) is 16.1. The molecule has 1 amide bonds. The minimum atomic E-state index is -0.383. The number of hydrogen-bond acceptors (Lipinski definition) is 3. The van der Waals surface area contributed by atoms with Gasteiger partial charge in [-0.1, -0.05) is 47.5 Å². The first-order chi connectivity index (χ1) is 14.1. The molecule has 0 N–H and O–H groups in total. The van der Waals surface area contributed by atoms with E-state index in [-0.39, 0.29) is 5.91 Å². The molecule has 1 aliphatic heterocycles. The molecule has 4 rings (SSSR count). The number of rotatable bonds is 3. The summed E-state index contributed by atoms with van der Waals surface area (Å²) >= 11 is 6.31. The Hall–Kier alpha value is -3.05. The predicted octanol–water partition coefficient (Wildman–Crippen LogP) is 4.40. The number of hydrogen-bond donors (Lipinski definition) is 0. The van der Waals surface area contributed by atoms with Gasteiger partial charge in [-0.2, -0.15) is 4.99 Å². The molecule has 1 aliphatic rings. The number of pyridine rings is 1. The summed E-state index contributed by atoms with van der Waals surface area (Å²) in [7, 11) is 0. The lowest BCUT2D eigenvalue weighted by Crippen LogP contribution is -2.22. The predicted molar refractivity (Wildman–Crippen MR) is 112 cm³/mol. The van der Waals surface area contributed by atoms with Crippen LogP contribution >= 0.6 is 11.6 Å². The Labute approximate surface area is 174 Å². The van der Waals surface area contributed by atoms with E-state index in [1.165, 1.54) is 5.56 Å². The van der Waals surface area contributed by atoms with E-state index in [0.717, 1.165) is 12.0 Å². The van der Waals surface area contributed by atoms with E-state index in [2.05, 4.69) is 36.2 Å². The Morgan fingerprint density at radius 2 is 1.90 bits per heavy atom. The van der Waals surface area contributed by atoms with Crippen LogP contribution in [0.3, 0.4) is 0 Å². The van der Waals surface area contributed by atoms with E-state index in [1.807, 2.05) is 29.0 Å². The Morgan fingerprint density at radius 1 is 1.10 bits per heavy atom. The fraction of sp³-hybridized carbons (Fsp3) is 0.217. The summed E-state index contributed by atoms with van der Waals surface area (Å²) in [4.78, 5) is 17.2. The maximum atomic E-state index is 12.9. The Kier molecular flexibility index (Phi) is 5.67. The lowest BCUT2D eigenvalue weighted by atomic mass is 10.1. The molecule has 2 aromatic carbocycles. The van der Waals surface area contributed by atoms with Crippen LogP contribution in [0, 0.1) is 6.92 Å². The number of benzene rings is 2. The standard InChI is InChI=1S/C23H21ClN2O3/c1-16-6-8-17(9-7-16)15-26-10-3-2-5-21(26)25-23(27)18-13-19(24)22-20(14-18)28-11-4-12-29-22/h2-3,5-10,13-14H,4,11-12,15H2,1H3. The molecule has 0 spiro atoms. The molecule has 5 nitrogen and oxygen atoms in total. The fourth-order valence-corrected chi connectivity index (χ4v) is 3.38. The molecule has 29 heavy (non-hydrogen) atoms. The van der Waals surface area contributed by atoms with Crippen molar-refractivity contribution in [2.24, 2.45) is 4.99 Å². The van der Waals surface area contributed by atoms with Gasteiger partial charge in [0.25, 0.3) is 5.91 Å². The summed E-state index contributed by atoms with van der Waals surface area (Å²) in [5, 5.41) is 0.351. The smallest absolute Gasteiger partial charge is 0.279 e. The zero-order valence-corrected chi connectivity index (χ0v) is 16.9. The van der Waals surface area contributed by atoms with E-state index in [4.69, 9.17) is 21.1 Å².